The summed E-state index contributed by atoms with van der Waals surface area (Å²) in [5, 5.41) is 3.53. The van der Waals surface area contributed by atoms with Gasteiger partial charge in [0.2, 0.25) is 0 Å². The van der Waals surface area contributed by atoms with E-state index in [1.165, 1.54) is 51.9 Å². The van der Waals surface area contributed by atoms with Crippen molar-refractivity contribution in [1.82, 2.24) is 10.2 Å². The summed E-state index contributed by atoms with van der Waals surface area (Å²) in [4.78, 5) is 2.64. The van der Waals surface area contributed by atoms with E-state index in [0.717, 1.165) is 17.9 Å². The Hall–Kier alpha value is -0.0800. The molecular formula is C16H32N2. The van der Waals surface area contributed by atoms with Gasteiger partial charge in [0.1, 0.15) is 0 Å². The number of rotatable bonds is 4. The van der Waals surface area contributed by atoms with Gasteiger partial charge >= 0.3 is 0 Å². The van der Waals surface area contributed by atoms with Crippen LogP contribution in [0.15, 0.2) is 0 Å². The van der Waals surface area contributed by atoms with Crippen molar-refractivity contribution in [3.8, 4) is 0 Å². The minimum absolute atomic E-state index is 0.536. The number of hydrogen-bond donors (Lipinski definition) is 1. The van der Waals surface area contributed by atoms with E-state index in [0.29, 0.717) is 5.41 Å². The molecule has 0 aromatic heterocycles. The average molecular weight is 252 g/mol. The maximum atomic E-state index is 3.53. The Balaban J connectivity index is 1.80. The predicted molar refractivity (Wildman–Crippen MR) is 78.8 cm³/mol. The molecule has 2 rings (SSSR count). The van der Waals surface area contributed by atoms with Crippen molar-refractivity contribution in [1.29, 1.82) is 0 Å². The molecule has 0 aromatic carbocycles. The fraction of sp³-hybridized carbons (Fsp3) is 1.00. The van der Waals surface area contributed by atoms with Crippen LogP contribution in [0.4, 0.5) is 0 Å². The largest absolute Gasteiger partial charge is 0.316 e. The molecule has 0 radical (unpaired) electrons. The molecule has 0 amide bonds. The molecular weight excluding hydrogens is 220 g/mol. The lowest BCUT2D eigenvalue weighted by atomic mass is 9.70. The van der Waals surface area contributed by atoms with E-state index in [1.54, 1.807) is 0 Å². The van der Waals surface area contributed by atoms with Gasteiger partial charge in [0, 0.05) is 6.04 Å². The molecule has 0 saturated carbocycles. The van der Waals surface area contributed by atoms with Gasteiger partial charge in [-0.1, -0.05) is 13.8 Å². The van der Waals surface area contributed by atoms with Gasteiger partial charge in [-0.3, -0.25) is 0 Å². The number of likely N-dealkylation sites (tertiary alicyclic amines) is 1. The van der Waals surface area contributed by atoms with Gasteiger partial charge in [-0.25, -0.2) is 0 Å². The third-order valence-electron chi connectivity index (χ3n) is 5.36. The lowest BCUT2D eigenvalue weighted by Crippen LogP contribution is -2.40. The Kier molecular flexibility index (Phi) is 4.71. The Morgan fingerprint density at radius 2 is 1.83 bits per heavy atom. The second-order valence-corrected chi connectivity index (χ2v) is 7.46. The Bertz CT molecular complexity index is 246. The van der Waals surface area contributed by atoms with Gasteiger partial charge in [0.25, 0.3) is 0 Å². The highest BCUT2D eigenvalue weighted by Crippen LogP contribution is 2.39. The summed E-state index contributed by atoms with van der Waals surface area (Å²) in [6, 6.07) is 0.734. The van der Waals surface area contributed by atoms with Crippen LogP contribution in [0.1, 0.15) is 53.4 Å². The van der Waals surface area contributed by atoms with Crippen LogP contribution in [-0.2, 0) is 0 Å². The Morgan fingerprint density at radius 3 is 2.33 bits per heavy atom. The standard InChI is InChI=1S/C16H32N2/c1-13(2)18-9-6-14(7-10-18)11-16(3,4)15-5-8-17-12-15/h13-15,17H,5-12H2,1-4H3. The molecule has 2 heterocycles. The zero-order valence-electron chi connectivity index (χ0n) is 12.8. The van der Waals surface area contributed by atoms with Crippen LogP contribution in [-0.4, -0.2) is 37.1 Å². The van der Waals surface area contributed by atoms with Crippen LogP contribution in [0.25, 0.3) is 0 Å². The molecule has 2 saturated heterocycles. The van der Waals surface area contributed by atoms with E-state index < -0.39 is 0 Å². The maximum Gasteiger partial charge on any atom is 0.00385 e. The summed E-state index contributed by atoms with van der Waals surface area (Å²) in [6.45, 7) is 14.8. The maximum absolute atomic E-state index is 3.53. The highest BCUT2D eigenvalue weighted by Gasteiger charge is 2.34. The summed E-state index contributed by atoms with van der Waals surface area (Å²) >= 11 is 0. The van der Waals surface area contributed by atoms with Crippen molar-refractivity contribution < 1.29 is 0 Å². The highest BCUT2D eigenvalue weighted by atomic mass is 15.1. The molecule has 0 bridgehead atoms. The van der Waals surface area contributed by atoms with Gasteiger partial charge in [0.05, 0.1) is 0 Å². The molecule has 2 aliphatic heterocycles. The van der Waals surface area contributed by atoms with Gasteiger partial charge in [-0.2, -0.15) is 0 Å². The third kappa shape index (κ3) is 3.48. The molecule has 2 nitrogen and oxygen atoms in total. The average Bonchev–Trinajstić information content (AvgIpc) is 2.83. The fourth-order valence-corrected chi connectivity index (χ4v) is 3.91. The van der Waals surface area contributed by atoms with Crippen LogP contribution in [0, 0.1) is 17.3 Å². The van der Waals surface area contributed by atoms with Crippen molar-refractivity contribution in [2.24, 2.45) is 17.3 Å². The molecule has 1 unspecified atom stereocenters. The van der Waals surface area contributed by atoms with Crippen molar-refractivity contribution in [3.05, 3.63) is 0 Å². The van der Waals surface area contributed by atoms with Crippen LogP contribution < -0.4 is 5.32 Å². The normalized spacial score (nSPS) is 28.2. The molecule has 2 fully saturated rings. The minimum atomic E-state index is 0.536. The molecule has 0 aliphatic carbocycles. The number of nitrogens with zero attached hydrogens (tertiary/aromatic N) is 1. The van der Waals surface area contributed by atoms with E-state index in [9.17, 15) is 0 Å². The predicted octanol–water partition coefficient (Wildman–Crippen LogP) is 3.13. The quantitative estimate of drug-likeness (QED) is 0.827. The monoisotopic (exact) mass is 252 g/mol. The third-order valence-corrected chi connectivity index (χ3v) is 5.36. The molecule has 1 atom stereocenters. The fourth-order valence-electron chi connectivity index (χ4n) is 3.91. The molecule has 1 N–H and O–H groups in total. The topological polar surface area (TPSA) is 15.3 Å². The van der Waals surface area contributed by atoms with E-state index in [2.05, 4.69) is 37.9 Å². The summed E-state index contributed by atoms with van der Waals surface area (Å²) < 4.78 is 0. The van der Waals surface area contributed by atoms with Crippen molar-refractivity contribution in [2.45, 2.75) is 59.4 Å². The molecule has 2 aliphatic rings. The molecule has 106 valence electrons. The smallest absolute Gasteiger partial charge is 0.00385 e. The first kappa shape index (κ1) is 14.3. The Morgan fingerprint density at radius 1 is 1.17 bits per heavy atom. The molecule has 0 spiro atoms. The summed E-state index contributed by atoms with van der Waals surface area (Å²) in [5.41, 5.74) is 0.536. The van der Waals surface area contributed by atoms with E-state index in [4.69, 9.17) is 0 Å². The van der Waals surface area contributed by atoms with Gasteiger partial charge in [0.15, 0.2) is 0 Å². The van der Waals surface area contributed by atoms with Crippen LogP contribution >= 0.6 is 0 Å². The van der Waals surface area contributed by atoms with Crippen molar-refractivity contribution >= 4 is 0 Å². The number of piperidine rings is 1. The first-order chi connectivity index (χ1) is 8.49. The van der Waals surface area contributed by atoms with E-state index in [1.807, 2.05) is 0 Å². The van der Waals surface area contributed by atoms with Crippen LogP contribution in [0.3, 0.4) is 0 Å². The lowest BCUT2D eigenvalue weighted by Gasteiger charge is -2.40. The van der Waals surface area contributed by atoms with Crippen LogP contribution in [0.5, 0.6) is 0 Å². The molecule has 18 heavy (non-hydrogen) atoms. The van der Waals surface area contributed by atoms with E-state index in [-0.39, 0.29) is 0 Å². The first-order valence-corrected chi connectivity index (χ1v) is 7.94. The summed E-state index contributed by atoms with van der Waals surface area (Å²) in [7, 11) is 0. The lowest BCUT2D eigenvalue weighted by molar-refractivity contribution is 0.102. The second kappa shape index (κ2) is 5.92. The summed E-state index contributed by atoms with van der Waals surface area (Å²) in [5.74, 6) is 1.87. The molecule has 2 heteroatoms. The second-order valence-electron chi connectivity index (χ2n) is 7.46. The minimum Gasteiger partial charge on any atom is -0.316 e. The highest BCUT2D eigenvalue weighted by molar-refractivity contribution is 4.87. The van der Waals surface area contributed by atoms with Gasteiger partial charge < -0.3 is 10.2 Å². The SMILES string of the molecule is CC(C)N1CCC(CC(C)(C)C2CCNC2)CC1. The Labute approximate surface area is 114 Å². The first-order valence-electron chi connectivity index (χ1n) is 7.94. The number of hydrogen-bond acceptors (Lipinski definition) is 2. The zero-order valence-corrected chi connectivity index (χ0v) is 12.8. The van der Waals surface area contributed by atoms with Crippen molar-refractivity contribution in [2.75, 3.05) is 26.2 Å². The summed E-state index contributed by atoms with van der Waals surface area (Å²) in [6.07, 6.45) is 5.66. The van der Waals surface area contributed by atoms with E-state index >= 15 is 0 Å². The van der Waals surface area contributed by atoms with Gasteiger partial charge in [-0.15, -0.1) is 0 Å². The zero-order chi connectivity index (χ0) is 13.2. The number of nitrogens with one attached hydrogen (secondary N) is 1. The molecule has 0 aromatic rings. The van der Waals surface area contributed by atoms with Gasteiger partial charge in [-0.05, 0) is 83.0 Å². The van der Waals surface area contributed by atoms with Crippen molar-refractivity contribution in [3.63, 3.8) is 0 Å². The van der Waals surface area contributed by atoms with Crippen LogP contribution in [0.2, 0.25) is 0 Å².